The highest BCUT2D eigenvalue weighted by atomic mass is 16.2. The predicted molar refractivity (Wildman–Crippen MR) is 91.6 cm³/mol. The zero-order valence-electron chi connectivity index (χ0n) is 13.6. The van der Waals surface area contributed by atoms with E-state index in [1.807, 2.05) is 29.2 Å². The molecule has 4 rings (SSSR count). The van der Waals surface area contributed by atoms with Crippen LogP contribution in [-0.4, -0.2) is 40.2 Å². The van der Waals surface area contributed by atoms with Crippen LogP contribution in [0, 0.1) is 0 Å². The topological polar surface area (TPSA) is 96.3 Å². The van der Waals surface area contributed by atoms with E-state index < -0.39 is 0 Å². The summed E-state index contributed by atoms with van der Waals surface area (Å²) in [5, 5.41) is 9.77. The highest BCUT2D eigenvalue weighted by molar-refractivity contribution is 6.04. The molecule has 0 aliphatic carbocycles. The number of nitrogens with zero attached hydrogens (tertiary/aromatic N) is 3. The van der Waals surface area contributed by atoms with Gasteiger partial charge in [0.15, 0.2) is 0 Å². The van der Waals surface area contributed by atoms with Crippen molar-refractivity contribution in [2.75, 3.05) is 16.8 Å². The molecule has 2 aromatic rings. The second-order valence-electron chi connectivity index (χ2n) is 6.26. The molecule has 2 aliphatic rings. The number of nitrogens with one attached hydrogen (secondary N) is 2. The number of hydrogen-bond acceptors (Lipinski definition) is 5. The average Bonchev–Trinajstić information content (AvgIpc) is 3.02. The Kier molecular flexibility index (Phi) is 3.52. The Morgan fingerprint density at radius 3 is 2.84 bits per heavy atom. The van der Waals surface area contributed by atoms with Crippen LogP contribution in [0.25, 0.3) is 0 Å². The van der Waals surface area contributed by atoms with Gasteiger partial charge >= 0.3 is 0 Å². The lowest BCUT2D eigenvalue weighted by molar-refractivity contribution is -0.117. The molecular weight excluding hydrogens is 322 g/mol. The molecule has 2 amide bonds. The molecule has 2 N–H and O–H groups in total. The molecule has 8 heteroatoms. The molecule has 1 fully saturated rings. The first-order valence-corrected chi connectivity index (χ1v) is 8.04. The van der Waals surface area contributed by atoms with Crippen LogP contribution in [0.15, 0.2) is 41.2 Å². The molecule has 0 bridgehead atoms. The first kappa shape index (κ1) is 15.4. The van der Waals surface area contributed by atoms with Crippen LogP contribution in [0.1, 0.15) is 16.9 Å². The number of rotatable bonds is 2. The standard InChI is InChI=1S/C17H17N5O3/c1-21-15(23)7-6-12(20-21)16(24)18-10-8-14-17(25)19-11-4-2-3-5-13(11)22(14)9-10/h2-7,10,14H,8-9H2,1H3,(H,18,24)(H,19,25)/t10-,14+/m0/s1. The van der Waals surface area contributed by atoms with Crippen molar-refractivity contribution in [1.29, 1.82) is 0 Å². The minimum Gasteiger partial charge on any atom is -0.356 e. The minimum atomic E-state index is -0.353. The van der Waals surface area contributed by atoms with E-state index in [0.717, 1.165) is 16.1 Å². The number of benzene rings is 1. The van der Waals surface area contributed by atoms with Gasteiger partial charge in [0.2, 0.25) is 5.91 Å². The minimum absolute atomic E-state index is 0.0596. The first-order valence-electron chi connectivity index (χ1n) is 8.04. The summed E-state index contributed by atoms with van der Waals surface area (Å²) in [7, 11) is 1.50. The highest BCUT2D eigenvalue weighted by Crippen LogP contribution is 2.36. The van der Waals surface area contributed by atoms with Gasteiger partial charge in [-0.2, -0.15) is 5.10 Å². The smallest absolute Gasteiger partial charge is 0.272 e. The molecule has 0 radical (unpaired) electrons. The molecule has 0 unspecified atom stereocenters. The van der Waals surface area contributed by atoms with Gasteiger partial charge in [0.25, 0.3) is 11.5 Å². The first-order chi connectivity index (χ1) is 12.0. The fraction of sp³-hybridized carbons (Fsp3) is 0.294. The predicted octanol–water partition coefficient (Wildman–Crippen LogP) is 0.110. The largest absolute Gasteiger partial charge is 0.356 e. The number of fused-ring (bicyclic) bond motifs is 3. The SMILES string of the molecule is Cn1nc(C(=O)N[C@H]2C[C@@H]3C(=O)Nc4ccccc4N3C2)ccc1=O. The average molecular weight is 339 g/mol. The Balaban J connectivity index is 1.53. The Bertz CT molecular complexity index is 922. The molecule has 8 nitrogen and oxygen atoms in total. The molecule has 1 aromatic carbocycles. The molecule has 0 saturated carbocycles. The summed E-state index contributed by atoms with van der Waals surface area (Å²) in [6.45, 7) is 0.548. The summed E-state index contributed by atoms with van der Waals surface area (Å²) in [5.74, 6) is -0.412. The third kappa shape index (κ3) is 2.65. The van der Waals surface area contributed by atoms with Crippen molar-refractivity contribution in [3.05, 3.63) is 52.4 Å². The van der Waals surface area contributed by atoms with Crippen molar-refractivity contribution < 1.29 is 9.59 Å². The van der Waals surface area contributed by atoms with Gasteiger partial charge in [-0.25, -0.2) is 4.68 Å². The molecule has 128 valence electrons. The fourth-order valence-electron chi connectivity index (χ4n) is 3.38. The van der Waals surface area contributed by atoms with Gasteiger partial charge < -0.3 is 15.5 Å². The highest BCUT2D eigenvalue weighted by Gasteiger charge is 2.41. The lowest BCUT2D eigenvalue weighted by Gasteiger charge is -2.32. The third-order valence-corrected chi connectivity index (χ3v) is 4.60. The number of hydrogen-bond donors (Lipinski definition) is 2. The van der Waals surface area contributed by atoms with Crippen molar-refractivity contribution in [3.8, 4) is 0 Å². The van der Waals surface area contributed by atoms with Crippen LogP contribution in [0.3, 0.4) is 0 Å². The van der Waals surface area contributed by atoms with Gasteiger partial charge in [-0.3, -0.25) is 14.4 Å². The van der Waals surface area contributed by atoms with Crippen molar-refractivity contribution in [1.82, 2.24) is 15.1 Å². The molecule has 3 heterocycles. The summed E-state index contributed by atoms with van der Waals surface area (Å²) in [6, 6.07) is 9.87. The second-order valence-corrected chi connectivity index (χ2v) is 6.26. The lowest BCUT2D eigenvalue weighted by Crippen LogP contribution is -2.44. The monoisotopic (exact) mass is 339 g/mol. The molecule has 25 heavy (non-hydrogen) atoms. The van der Waals surface area contributed by atoms with Crippen molar-refractivity contribution in [2.45, 2.75) is 18.5 Å². The van der Waals surface area contributed by atoms with Gasteiger partial charge in [0, 0.05) is 25.7 Å². The Labute approximate surface area is 143 Å². The molecule has 2 atom stereocenters. The van der Waals surface area contributed by atoms with Crippen LogP contribution < -0.4 is 21.1 Å². The summed E-state index contributed by atoms with van der Waals surface area (Å²) < 4.78 is 1.12. The Hall–Kier alpha value is -3.16. The van der Waals surface area contributed by atoms with E-state index in [2.05, 4.69) is 15.7 Å². The summed E-state index contributed by atoms with van der Waals surface area (Å²) in [5.41, 5.74) is 1.65. The van der Waals surface area contributed by atoms with Crippen LogP contribution in [0.4, 0.5) is 11.4 Å². The third-order valence-electron chi connectivity index (χ3n) is 4.60. The van der Waals surface area contributed by atoms with Crippen molar-refractivity contribution in [2.24, 2.45) is 7.05 Å². The number of carbonyl (C=O) groups is 2. The van der Waals surface area contributed by atoms with Gasteiger partial charge in [0.1, 0.15) is 11.7 Å². The maximum atomic E-state index is 12.4. The van der Waals surface area contributed by atoms with Gasteiger partial charge in [-0.15, -0.1) is 0 Å². The molecule has 2 aliphatic heterocycles. The number of aryl methyl sites for hydroxylation is 1. The Morgan fingerprint density at radius 2 is 2.04 bits per heavy atom. The Morgan fingerprint density at radius 1 is 1.24 bits per heavy atom. The second kappa shape index (κ2) is 5.73. The quantitative estimate of drug-likeness (QED) is 0.810. The number of anilines is 2. The van der Waals surface area contributed by atoms with E-state index in [4.69, 9.17) is 0 Å². The number of carbonyl (C=O) groups excluding carboxylic acids is 2. The van der Waals surface area contributed by atoms with E-state index in [1.165, 1.54) is 19.2 Å². The van der Waals surface area contributed by atoms with E-state index in [1.54, 1.807) is 0 Å². The van der Waals surface area contributed by atoms with Gasteiger partial charge in [0.05, 0.1) is 11.4 Å². The van der Waals surface area contributed by atoms with E-state index in [9.17, 15) is 14.4 Å². The molecule has 1 saturated heterocycles. The van der Waals surface area contributed by atoms with Crippen LogP contribution in [0.5, 0.6) is 0 Å². The fourth-order valence-corrected chi connectivity index (χ4v) is 3.38. The van der Waals surface area contributed by atoms with Gasteiger partial charge in [-0.05, 0) is 24.6 Å². The van der Waals surface area contributed by atoms with Gasteiger partial charge in [-0.1, -0.05) is 12.1 Å². The van der Waals surface area contributed by atoms with E-state index >= 15 is 0 Å². The summed E-state index contributed by atoms with van der Waals surface area (Å²) in [4.78, 5) is 38.1. The van der Waals surface area contributed by atoms with E-state index in [0.29, 0.717) is 13.0 Å². The maximum Gasteiger partial charge on any atom is 0.272 e. The summed E-state index contributed by atoms with van der Waals surface area (Å²) >= 11 is 0. The molecular formula is C17H17N5O3. The zero-order valence-corrected chi connectivity index (χ0v) is 13.6. The summed E-state index contributed by atoms with van der Waals surface area (Å²) in [6.07, 6.45) is 0.525. The van der Waals surface area contributed by atoms with Crippen LogP contribution >= 0.6 is 0 Å². The molecule has 1 aromatic heterocycles. The van der Waals surface area contributed by atoms with E-state index in [-0.39, 0.29) is 35.2 Å². The lowest BCUT2D eigenvalue weighted by atomic mass is 10.1. The molecule has 0 spiro atoms. The normalized spacial score (nSPS) is 21.3. The number of para-hydroxylation sites is 2. The van der Waals surface area contributed by atoms with Crippen LogP contribution in [-0.2, 0) is 11.8 Å². The zero-order chi connectivity index (χ0) is 17.6. The van der Waals surface area contributed by atoms with Crippen LogP contribution in [0.2, 0.25) is 0 Å². The van der Waals surface area contributed by atoms with Crippen molar-refractivity contribution in [3.63, 3.8) is 0 Å². The van der Waals surface area contributed by atoms with Crippen molar-refractivity contribution >= 4 is 23.2 Å². The number of amides is 2. The maximum absolute atomic E-state index is 12.4. The number of aromatic nitrogens is 2.